The highest BCUT2D eigenvalue weighted by Gasteiger charge is 2.35. The number of benzene rings is 1. The van der Waals surface area contributed by atoms with Gasteiger partial charge in [0.1, 0.15) is 5.75 Å². The maximum absolute atomic E-state index is 12.8. The van der Waals surface area contributed by atoms with Crippen LogP contribution >= 0.6 is 15.9 Å². The molecule has 2 aliphatic rings. The molecule has 1 amide bonds. The lowest BCUT2D eigenvalue weighted by Crippen LogP contribution is -2.36. The highest BCUT2D eigenvalue weighted by molar-refractivity contribution is 9.09. The summed E-state index contributed by atoms with van der Waals surface area (Å²) in [4.78, 5) is 11.6. The van der Waals surface area contributed by atoms with Gasteiger partial charge in [-0.25, -0.2) is 8.42 Å². The Bertz CT molecular complexity index is 692. The summed E-state index contributed by atoms with van der Waals surface area (Å²) in [5, 5.41) is 3.42. The second-order valence-corrected chi connectivity index (χ2v) is 8.07. The quantitative estimate of drug-likeness (QED) is 0.799. The minimum Gasteiger partial charge on any atom is -0.482 e. The highest BCUT2D eigenvalue weighted by atomic mass is 79.9. The van der Waals surface area contributed by atoms with E-state index in [0.29, 0.717) is 18.0 Å². The van der Waals surface area contributed by atoms with E-state index >= 15 is 0 Å². The molecule has 22 heavy (non-hydrogen) atoms. The van der Waals surface area contributed by atoms with Crippen LogP contribution in [-0.4, -0.2) is 43.2 Å². The number of carbonyl (C=O) groups is 1. The summed E-state index contributed by atoms with van der Waals surface area (Å²) in [5.74, 6) is 0.220. The van der Waals surface area contributed by atoms with Crippen molar-refractivity contribution in [3.05, 3.63) is 18.2 Å². The van der Waals surface area contributed by atoms with E-state index in [-0.39, 0.29) is 23.5 Å². The Morgan fingerprint density at radius 3 is 3.00 bits per heavy atom. The Labute approximate surface area is 138 Å². The summed E-state index contributed by atoms with van der Waals surface area (Å²) >= 11 is 3.38. The maximum atomic E-state index is 12.8. The second kappa shape index (κ2) is 6.17. The Hall–Kier alpha value is -1.12. The van der Waals surface area contributed by atoms with Gasteiger partial charge in [-0.15, -0.1) is 0 Å². The number of amides is 1. The number of nitrogens with one attached hydrogen (secondary N) is 1. The van der Waals surface area contributed by atoms with Gasteiger partial charge in [-0.2, -0.15) is 4.31 Å². The first-order chi connectivity index (χ1) is 10.5. The number of anilines is 1. The standard InChI is InChI=1S/C14H17BrN2O4S/c15-6-5-10-2-1-7-17(10)22(19,20)11-3-4-13-12(8-11)16-14(18)9-21-13/h3-4,8,10H,1-2,5-7,9H2,(H,16,18)/t10-/m1/s1. The molecular formula is C14H17BrN2O4S. The van der Waals surface area contributed by atoms with Crippen molar-refractivity contribution in [1.29, 1.82) is 0 Å². The molecule has 2 heterocycles. The molecule has 1 aromatic rings. The molecule has 0 spiro atoms. The summed E-state index contributed by atoms with van der Waals surface area (Å²) in [6.45, 7) is 0.499. The third-order valence-electron chi connectivity index (χ3n) is 3.96. The number of halogens is 1. The van der Waals surface area contributed by atoms with Crippen LogP contribution < -0.4 is 10.1 Å². The fourth-order valence-corrected chi connectivity index (χ4v) is 5.18. The van der Waals surface area contributed by atoms with Gasteiger partial charge < -0.3 is 10.1 Å². The predicted molar refractivity (Wildman–Crippen MR) is 85.9 cm³/mol. The van der Waals surface area contributed by atoms with Gasteiger partial charge in [0.05, 0.1) is 10.6 Å². The Kier molecular flexibility index (Phi) is 4.42. The van der Waals surface area contributed by atoms with Crippen molar-refractivity contribution in [1.82, 2.24) is 4.31 Å². The monoisotopic (exact) mass is 388 g/mol. The smallest absolute Gasteiger partial charge is 0.262 e. The largest absolute Gasteiger partial charge is 0.482 e. The zero-order valence-corrected chi connectivity index (χ0v) is 14.3. The molecule has 8 heteroatoms. The minimum absolute atomic E-state index is 0.0336. The van der Waals surface area contributed by atoms with E-state index in [1.165, 1.54) is 12.1 Å². The molecule has 120 valence electrons. The number of ether oxygens (including phenoxy) is 1. The first kappa shape index (κ1) is 15.8. The Balaban J connectivity index is 1.92. The molecule has 1 aromatic carbocycles. The van der Waals surface area contributed by atoms with Gasteiger partial charge in [0.15, 0.2) is 6.61 Å². The van der Waals surface area contributed by atoms with Gasteiger partial charge in [-0.1, -0.05) is 15.9 Å². The van der Waals surface area contributed by atoms with Crippen LogP contribution in [0.5, 0.6) is 5.75 Å². The second-order valence-electron chi connectivity index (χ2n) is 5.38. The molecule has 0 bridgehead atoms. The molecule has 1 saturated heterocycles. The van der Waals surface area contributed by atoms with Crippen LogP contribution in [0.2, 0.25) is 0 Å². The zero-order chi connectivity index (χ0) is 15.7. The maximum Gasteiger partial charge on any atom is 0.262 e. The molecule has 1 atom stereocenters. The number of hydrogen-bond acceptors (Lipinski definition) is 4. The van der Waals surface area contributed by atoms with Crippen molar-refractivity contribution in [2.24, 2.45) is 0 Å². The van der Waals surface area contributed by atoms with Crippen molar-refractivity contribution in [3.8, 4) is 5.75 Å². The fourth-order valence-electron chi connectivity index (χ4n) is 2.90. The third kappa shape index (κ3) is 2.87. The lowest BCUT2D eigenvalue weighted by molar-refractivity contribution is -0.118. The fraction of sp³-hybridized carbons (Fsp3) is 0.500. The normalized spacial score (nSPS) is 22.0. The number of fused-ring (bicyclic) bond motifs is 1. The van der Waals surface area contributed by atoms with E-state index in [2.05, 4.69) is 21.2 Å². The van der Waals surface area contributed by atoms with Crippen LogP contribution in [0.3, 0.4) is 0 Å². The number of rotatable bonds is 4. The van der Waals surface area contributed by atoms with Crippen LogP contribution in [0.25, 0.3) is 0 Å². The van der Waals surface area contributed by atoms with Crippen LogP contribution in [0.15, 0.2) is 23.1 Å². The summed E-state index contributed by atoms with van der Waals surface area (Å²) in [7, 11) is -3.56. The van der Waals surface area contributed by atoms with Crippen molar-refractivity contribution in [2.75, 3.05) is 23.8 Å². The first-order valence-electron chi connectivity index (χ1n) is 7.17. The van der Waals surface area contributed by atoms with Gasteiger partial charge in [0.2, 0.25) is 10.0 Å². The number of carbonyl (C=O) groups excluding carboxylic acids is 1. The Morgan fingerprint density at radius 2 is 2.23 bits per heavy atom. The summed E-state index contributed by atoms with van der Waals surface area (Å²) < 4.78 is 32.5. The lowest BCUT2D eigenvalue weighted by Gasteiger charge is -2.25. The SMILES string of the molecule is O=C1COc2ccc(S(=O)(=O)N3CCC[C@@H]3CCBr)cc2N1. The molecule has 0 aromatic heterocycles. The lowest BCUT2D eigenvalue weighted by atomic mass is 10.2. The van der Waals surface area contributed by atoms with E-state index in [1.807, 2.05) is 0 Å². The van der Waals surface area contributed by atoms with Gasteiger partial charge in [0.25, 0.3) is 5.91 Å². The van der Waals surface area contributed by atoms with Crippen LogP contribution in [0, 0.1) is 0 Å². The van der Waals surface area contributed by atoms with Crippen molar-refractivity contribution in [3.63, 3.8) is 0 Å². The first-order valence-corrected chi connectivity index (χ1v) is 9.73. The van der Waals surface area contributed by atoms with Gasteiger partial charge in [0, 0.05) is 17.9 Å². The summed E-state index contributed by atoms with van der Waals surface area (Å²) in [5.41, 5.74) is 0.411. The number of nitrogens with zero attached hydrogens (tertiary/aromatic N) is 1. The molecular weight excluding hydrogens is 372 g/mol. The highest BCUT2D eigenvalue weighted by Crippen LogP contribution is 2.33. The topological polar surface area (TPSA) is 75.7 Å². The molecule has 3 rings (SSSR count). The average molecular weight is 389 g/mol. The van der Waals surface area contributed by atoms with Gasteiger partial charge in [-0.3, -0.25) is 4.79 Å². The summed E-state index contributed by atoms with van der Waals surface area (Å²) in [6.07, 6.45) is 2.56. The average Bonchev–Trinajstić information content (AvgIpc) is 2.96. The van der Waals surface area contributed by atoms with Crippen molar-refractivity contribution in [2.45, 2.75) is 30.2 Å². The number of sulfonamides is 1. The minimum atomic E-state index is -3.56. The molecule has 0 saturated carbocycles. The van der Waals surface area contributed by atoms with E-state index in [4.69, 9.17) is 4.74 Å². The van der Waals surface area contributed by atoms with E-state index in [9.17, 15) is 13.2 Å². The number of alkyl halides is 1. The van der Waals surface area contributed by atoms with Gasteiger partial charge in [-0.05, 0) is 37.5 Å². The molecule has 2 aliphatic heterocycles. The predicted octanol–water partition coefficient (Wildman–Crippen LogP) is 1.96. The molecule has 6 nitrogen and oxygen atoms in total. The zero-order valence-electron chi connectivity index (χ0n) is 11.9. The van der Waals surface area contributed by atoms with Crippen LogP contribution in [0.1, 0.15) is 19.3 Å². The number of hydrogen-bond donors (Lipinski definition) is 1. The third-order valence-corrected chi connectivity index (χ3v) is 6.36. The Morgan fingerprint density at radius 1 is 1.41 bits per heavy atom. The molecule has 1 N–H and O–H groups in total. The van der Waals surface area contributed by atoms with Gasteiger partial charge >= 0.3 is 0 Å². The van der Waals surface area contributed by atoms with Crippen molar-refractivity contribution >= 4 is 37.5 Å². The van der Waals surface area contributed by atoms with Crippen LogP contribution in [0.4, 0.5) is 5.69 Å². The van der Waals surface area contributed by atoms with E-state index in [0.717, 1.165) is 24.6 Å². The molecule has 0 unspecified atom stereocenters. The van der Waals surface area contributed by atoms with Crippen LogP contribution in [-0.2, 0) is 14.8 Å². The molecule has 0 aliphatic carbocycles. The molecule has 0 radical (unpaired) electrons. The van der Waals surface area contributed by atoms with E-state index in [1.54, 1.807) is 10.4 Å². The van der Waals surface area contributed by atoms with Crippen molar-refractivity contribution < 1.29 is 17.9 Å². The van der Waals surface area contributed by atoms with E-state index < -0.39 is 10.0 Å². The summed E-state index contributed by atoms with van der Waals surface area (Å²) in [6, 6.07) is 4.64. The molecule has 1 fully saturated rings.